The standard InChI is InChI=1S/C15H20N2O/c1-10-7-6-8-12(9-10)17-13(15(3,4)5)11(2)14(18)16-17/h6-9H,1-5H3,(H,16,18). The number of aromatic nitrogens is 2. The van der Waals surface area contributed by atoms with Gasteiger partial charge in [-0.05, 0) is 31.5 Å². The molecular weight excluding hydrogens is 224 g/mol. The number of aryl methyl sites for hydroxylation is 1. The summed E-state index contributed by atoms with van der Waals surface area (Å²) in [6.45, 7) is 10.3. The first-order valence-corrected chi connectivity index (χ1v) is 6.20. The molecule has 2 rings (SSSR count). The lowest BCUT2D eigenvalue weighted by Crippen LogP contribution is -2.18. The minimum Gasteiger partial charge on any atom is -0.268 e. The van der Waals surface area contributed by atoms with Gasteiger partial charge >= 0.3 is 0 Å². The van der Waals surface area contributed by atoms with E-state index in [1.165, 1.54) is 5.56 Å². The van der Waals surface area contributed by atoms with E-state index in [-0.39, 0.29) is 11.0 Å². The van der Waals surface area contributed by atoms with Crippen LogP contribution in [0.5, 0.6) is 0 Å². The van der Waals surface area contributed by atoms with Crippen LogP contribution in [-0.4, -0.2) is 9.78 Å². The van der Waals surface area contributed by atoms with E-state index < -0.39 is 0 Å². The van der Waals surface area contributed by atoms with Crippen LogP contribution in [0.25, 0.3) is 5.69 Å². The van der Waals surface area contributed by atoms with Crippen molar-refractivity contribution >= 4 is 0 Å². The van der Waals surface area contributed by atoms with Gasteiger partial charge in [0, 0.05) is 11.0 Å². The van der Waals surface area contributed by atoms with E-state index in [0.29, 0.717) is 0 Å². The largest absolute Gasteiger partial charge is 0.268 e. The number of aromatic amines is 1. The molecule has 0 aliphatic heterocycles. The topological polar surface area (TPSA) is 37.8 Å². The molecule has 1 heterocycles. The van der Waals surface area contributed by atoms with Gasteiger partial charge in [0.25, 0.3) is 5.56 Å². The summed E-state index contributed by atoms with van der Waals surface area (Å²) in [5.41, 5.74) is 3.93. The Hall–Kier alpha value is -1.77. The summed E-state index contributed by atoms with van der Waals surface area (Å²) in [7, 11) is 0. The first kappa shape index (κ1) is 12.7. The van der Waals surface area contributed by atoms with Crippen LogP contribution < -0.4 is 5.56 Å². The van der Waals surface area contributed by atoms with Crippen molar-refractivity contribution in [2.24, 2.45) is 0 Å². The average molecular weight is 244 g/mol. The van der Waals surface area contributed by atoms with Gasteiger partial charge in [0.05, 0.1) is 11.4 Å². The zero-order valence-corrected chi connectivity index (χ0v) is 11.7. The van der Waals surface area contributed by atoms with Crippen LogP contribution in [0, 0.1) is 13.8 Å². The Morgan fingerprint density at radius 2 is 1.83 bits per heavy atom. The number of hydrogen-bond donors (Lipinski definition) is 1. The molecule has 3 nitrogen and oxygen atoms in total. The summed E-state index contributed by atoms with van der Waals surface area (Å²) in [6, 6.07) is 8.14. The number of nitrogens with one attached hydrogen (secondary N) is 1. The van der Waals surface area contributed by atoms with E-state index in [1.807, 2.05) is 23.7 Å². The minimum atomic E-state index is -0.0764. The van der Waals surface area contributed by atoms with E-state index in [2.05, 4.69) is 44.9 Å². The first-order chi connectivity index (χ1) is 8.30. The van der Waals surface area contributed by atoms with Crippen LogP contribution >= 0.6 is 0 Å². The Kier molecular flexibility index (Phi) is 2.93. The lowest BCUT2D eigenvalue weighted by atomic mass is 9.89. The second-order valence-corrected chi connectivity index (χ2v) is 5.84. The van der Waals surface area contributed by atoms with Crippen molar-refractivity contribution < 1.29 is 0 Å². The molecule has 0 fully saturated rings. The highest BCUT2D eigenvalue weighted by Gasteiger charge is 2.24. The summed E-state index contributed by atoms with van der Waals surface area (Å²) < 4.78 is 1.91. The molecule has 1 N–H and O–H groups in total. The van der Waals surface area contributed by atoms with Crippen LogP contribution in [0.3, 0.4) is 0 Å². The molecule has 1 aromatic heterocycles. The number of rotatable bonds is 1. The molecule has 2 aromatic rings. The molecule has 1 aromatic carbocycles. The van der Waals surface area contributed by atoms with Crippen molar-refractivity contribution in [3.8, 4) is 5.69 Å². The molecular formula is C15H20N2O. The highest BCUT2D eigenvalue weighted by atomic mass is 16.1. The molecule has 0 bridgehead atoms. The maximum atomic E-state index is 11.9. The minimum absolute atomic E-state index is 0.0126. The summed E-state index contributed by atoms with van der Waals surface area (Å²) in [6.07, 6.45) is 0. The Morgan fingerprint density at radius 3 is 2.39 bits per heavy atom. The predicted molar refractivity (Wildman–Crippen MR) is 74.6 cm³/mol. The number of hydrogen-bond acceptors (Lipinski definition) is 1. The fourth-order valence-electron chi connectivity index (χ4n) is 2.38. The molecule has 0 saturated carbocycles. The maximum Gasteiger partial charge on any atom is 0.267 e. The number of benzene rings is 1. The van der Waals surface area contributed by atoms with Gasteiger partial charge in [-0.1, -0.05) is 32.9 Å². The van der Waals surface area contributed by atoms with Gasteiger partial charge in [0.2, 0.25) is 0 Å². The van der Waals surface area contributed by atoms with Crippen LogP contribution in [-0.2, 0) is 5.41 Å². The molecule has 18 heavy (non-hydrogen) atoms. The van der Waals surface area contributed by atoms with E-state index in [1.54, 1.807) is 0 Å². The number of H-pyrrole nitrogens is 1. The van der Waals surface area contributed by atoms with E-state index >= 15 is 0 Å². The molecule has 0 aliphatic carbocycles. The first-order valence-electron chi connectivity index (χ1n) is 6.20. The zero-order chi connectivity index (χ0) is 13.5. The highest BCUT2D eigenvalue weighted by Crippen LogP contribution is 2.26. The molecule has 0 radical (unpaired) electrons. The van der Waals surface area contributed by atoms with Gasteiger partial charge in [-0.25, -0.2) is 0 Å². The second-order valence-electron chi connectivity index (χ2n) is 5.84. The fourth-order valence-corrected chi connectivity index (χ4v) is 2.38. The lowest BCUT2D eigenvalue weighted by Gasteiger charge is -2.22. The van der Waals surface area contributed by atoms with Crippen molar-refractivity contribution in [2.75, 3.05) is 0 Å². The van der Waals surface area contributed by atoms with Crippen molar-refractivity contribution in [1.29, 1.82) is 0 Å². The van der Waals surface area contributed by atoms with Crippen molar-refractivity contribution in [3.63, 3.8) is 0 Å². The quantitative estimate of drug-likeness (QED) is 0.822. The Labute approximate surface area is 107 Å². The molecule has 0 saturated heterocycles. The zero-order valence-electron chi connectivity index (χ0n) is 11.7. The molecule has 0 unspecified atom stereocenters. The molecule has 0 amide bonds. The van der Waals surface area contributed by atoms with Gasteiger partial charge in [0.1, 0.15) is 0 Å². The third-order valence-corrected chi connectivity index (χ3v) is 3.10. The van der Waals surface area contributed by atoms with Gasteiger partial charge in [-0.3, -0.25) is 14.6 Å². The van der Waals surface area contributed by atoms with Gasteiger partial charge < -0.3 is 0 Å². The fraction of sp³-hybridized carbons (Fsp3) is 0.400. The normalized spacial score (nSPS) is 11.8. The van der Waals surface area contributed by atoms with E-state index in [4.69, 9.17) is 0 Å². The van der Waals surface area contributed by atoms with Crippen molar-refractivity contribution in [1.82, 2.24) is 9.78 Å². The predicted octanol–water partition coefficient (Wildman–Crippen LogP) is 3.08. The molecule has 0 spiro atoms. The Bertz CT molecular complexity index is 627. The van der Waals surface area contributed by atoms with Gasteiger partial charge in [0.15, 0.2) is 0 Å². The summed E-state index contributed by atoms with van der Waals surface area (Å²) >= 11 is 0. The molecule has 0 aliphatic rings. The van der Waals surface area contributed by atoms with E-state index in [9.17, 15) is 4.79 Å². The van der Waals surface area contributed by atoms with Gasteiger partial charge in [-0.2, -0.15) is 0 Å². The number of nitrogens with zero attached hydrogens (tertiary/aromatic N) is 1. The monoisotopic (exact) mass is 244 g/mol. The van der Waals surface area contributed by atoms with Crippen LogP contribution in [0.4, 0.5) is 0 Å². The third kappa shape index (κ3) is 2.13. The molecule has 3 heteroatoms. The second kappa shape index (κ2) is 4.16. The van der Waals surface area contributed by atoms with Crippen molar-refractivity contribution in [2.45, 2.75) is 40.0 Å². The molecule has 96 valence electrons. The van der Waals surface area contributed by atoms with Crippen LogP contribution in [0.15, 0.2) is 29.1 Å². The maximum absolute atomic E-state index is 11.9. The Balaban J connectivity index is 2.73. The summed E-state index contributed by atoms with van der Waals surface area (Å²) in [4.78, 5) is 11.9. The van der Waals surface area contributed by atoms with Crippen LogP contribution in [0.1, 0.15) is 37.6 Å². The van der Waals surface area contributed by atoms with Gasteiger partial charge in [-0.15, -0.1) is 0 Å². The summed E-state index contributed by atoms with van der Waals surface area (Å²) in [5.74, 6) is 0. The lowest BCUT2D eigenvalue weighted by molar-refractivity contribution is 0.540. The Morgan fingerprint density at radius 1 is 1.17 bits per heavy atom. The van der Waals surface area contributed by atoms with Crippen molar-refractivity contribution in [3.05, 3.63) is 51.4 Å². The van der Waals surface area contributed by atoms with E-state index in [0.717, 1.165) is 16.9 Å². The average Bonchev–Trinajstić information content (AvgIpc) is 2.55. The third-order valence-electron chi connectivity index (χ3n) is 3.10. The summed E-state index contributed by atoms with van der Waals surface area (Å²) in [5, 5.41) is 2.92. The highest BCUT2D eigenvalue weighted by molar-refractivity contribution is 5.39. The smallest absolute Gasteiger partial charge is 0.267 e. The SMILES string of the molecule is Cc1cccc(-n2[nH]c(=O)c(C)c2C(C)(C)C)c1. The molecule has 0 atom stereocenters. The van der Waals surface area contributed by atoms with Crippen LogP contribution in [0.2, 0.25) is 0 Å².